The van der Waals surface area contributed by atoms with Crippen LogP contribution in [-0.4, -0.2) is 22.3 Å². The van der Waals surface area contributed by atoms with Crippen molar-refractivity contribution in [3.05, 3.63) is 36.5 Å². The molecule has 21 heavy (non-hydrogen) atoms. The van der Waals surface area contributed by atoms with Crippen LogP contribution in [-0.2, 0) is 4.79 Å². The monoisotopic (exact) mass is 290 g/mol. The summed E-state index contributed by atoms with van der Waals surface area (Å²) < 4.78 is 0. The largest absolute Gasteiger partial charge is 0.478 e. The van der Waals surface area contributed by atoms with E-state index in [2.05, 4.69) is 39.0 Å². The van der Waals surface area contributed by atoms with Gasteiger partial charge in [0.05, 0.1) is 6.10 Å². The van der Waals surface area contributed by atoms with E-state index in [0.29, 0.717) is 29.6 Å². The van der Waals surface area contributed by atoms with Gasteiger partial charge in [-0.1, -0.05) is 51.2 Å². The molecule has 2 aliphatic rings. The number of carbonyl (C=O) groups is 1. The van der Waals surface area contributed by atoms with Gasteiger partial charge in [-0.05, 0) is 41.9 Å². The molecule has 0 aliphatic heterocycles. The van der Waals surface area contributed by atoms with Gasteiger partial charge in [0.15, 0.2) is 0 Å². The van der Waals surface area contributed by atoms with Crippen LogP contribution >= 0.6 is 0 Å². The van der Waals surface area contributed by atoms with Crippen LogP contribution in [0.4, 0.5) is 0 Å². The second kappa shape index (κ2) is 6.61. The van der Waals surface area contributed by atoms with Crippen LogP contribution in [0.25, 0.3) is 0 Å². The molecule has 0 amide bonds. The molecule has 116 valence electrons. The zero-order valence-electron chi connectivity index (χ0n) is 13.0. The molecular weight excluding hydrogens is 264 g/mol. The molecule has 0 saturated heterocycles. The predicted molar refractivity (Wildman–Crippen MR) is 83.6 cm³/mol. The molecule has 0 aromatic carbocycles. The highest BCUT2D eigenvalue weighted by Gasteiger charge is 2.44. The number of carboxylic acid groups (broad SMARTS) is 1. The number of hydrogen-bond donors (Lipinski definition) is 2. The van der Waals surface area contributed by atoms with Gasteiger partial charge in [0.2, 0.25) is 0 Å². The predicted octanol–water partition coefficient (Wildman–Crippen LogP) is 3.27. The average molecular weight is 290 g/mol. The van der Waals surface area contributed by atoms with Crippen molar-refractivity contribution in [3.8, 4) is 0 Å². The first-order valence-corrected chi connectivity index (χ1v) is 7.86. The Morgan fingerprint density at radius 3 is 2.57 bits per heavy atom. The highest BCUT2D eigenvalue weighted by atomic mass is 16.4. The molecule has 0 unspecified atom stereocenters. The minimum Gasteiger partial charge on any atom is -0.478 e. The van der Waals surface area contributed by atoms with E-state index in [1.807, 2.05) is 6.08 Å². The van der Waals surface area contributed by atoms with E-state index < -0.39 is 5.97 Å². The molecule has 0 radical (unpaired) electrons. The summed E-state index contributed by atoms with van der Waals surface area (Å²) in [6, 6.07) is 0. The standard InChI is InChI=1S/C18H26O3/c1-11-8-9-14-10-12(2)18(21)13(3)17(14)15(11)6-4-5-7-16(19)20/h4-9,11-15,17-18,21H,10H2,1-3H3,(H,19,20)/b6-4+,7-5+/t11-,12+,13-,14-,15-,17-,18-/m0/s1. The number of allylic oxidation sites excluding steroid dienone is 5. The van der Waals surface area contributed by atoms with Gasteiger partial charge in [-0.3, -0.25) is 0 Å². The molecule has 0 bridgehead atoms. The fourth-order valence-corrected chi connectivity index (χ4v) is 4.14. The van der Waals surface area contributed by atoms with Crippen molar-refractivity contribution in [2.45, 2.75) is 33.3 Å². The van der Waals surface area contributed by atoms with Crippen molar-refractivity contribution < 1.29 is 15.0 Å². The fourth-order valence-electron chi connectivity index (χ4n) is 4.14. The number of hydrogen-bond acceptors (Lipinski definition) is 2. The maximum atomic E-state index is 10.5. The second-order valence-corrected chi connectivity index (χ2v) is 6.71. The maximum Gasteiger partial charge on any atom is 0.328 e. The summed E-state index contributed by atoms with van der Waals surface area (Å²) in [6.45, 7) is 6.47. The van der Waals surface area contributed by atoms with Crippen LogP contribution in [0.5, 0.6) is 0 Å². The van der Waals surface area contributed by atoms with E-state index in [-0.39, 0.29) is 12.0 Å². The molecule has 1 fully saturated rings. The fraction of sp³-hybridized carbons (Fsp3) is 0.611. The van der Waals surface area contributed by atoms with Crippen molar-refractivity contribution in [1.29, 1.82) is 0 Å². The van der Waals surface area contributed by atoms with Gasteiger partial charge in [-0.25, -0.2) is 4.79 Å². The van der Waals surface area contributed by atoms with Gasteiger partial charge < -0.3 is 10.2 Å². The summed E-state index contributed by atoms with van der Waals surface area (Å²) in [5.74, 6) is 1.42. The second-order valence-electron chi connectivity index (χ2n) is 6.71. The lowest BCUT2D eigenvalue weighted by Gasteiger charge is -2.48. The molecule has 2 N–H and O–H groups in total. The van der Waals surface area contributed by atoms with E-state index in [0.717, 1.165) is 12.5 Å². The Bertz CT molecular complexity index is 463. The Kier molecular flexibility index (Phi) is 5.04. The van der Waals surface area contributed by atoms with E-state index in [9.17, 15) is 9.90 Å². The first kappa shape index (κ1) is 16.0. The quantitative estimate of drug-likeness (QED) is 0.476. The molecule has 3 heteroatoms. The lowest BCUT2D eigenvalue weighted by atomic mass is 9.58. The molecule has 0 aromatic heterocycles. The number of carboxylic acids is 1. The van der Waals surface area contributed by atoms with Gasteiger partial charge in [-0.2, -0.15) is 0 Å². The lowest BCUT2D eigenvalue weighted by Crippen LogP contribution is -2.46. The van der Waals surface area contributed by atoms with Crippen LogP contribution in [0.15, 0.2) is 36.5 Å². The summed E-state index contributed by atoms with van der Waals surface area (Å²) in [5, 5.41) is 19.0. The van der Waals surface area contributed by atoms with Crippen LogP contribution in [0.3, 0.4) is 0 Å². The van der Waals surface area contributed by atoms with E-state index in [4.69, 9.17) is 5.11 Å². The topological polar surface area (TPSA) is 57.5 Å². The van der Waals surface area contributed by atoms with Gasteiger partial charge in [0.25, 0.3) is 0 Å². The summed E-state index contributed by atoms with van der Waals surface area (Å²) in [4.78, 5) is 10.5. The third-order valence-electron chi connectivity index (χ3n) is 5.26. The number of aliphatic carboxylic acids is 1. The van der Waals surface area contributed by atoms with Gasteiger partial charge >= 0.3 is 5.97 Å². The van der Waals surface area contributed by atoms with Crippen LogP contribution in [0.2, 0.25) is 0 Å². The number of aliphatic hydroxyl groups excluding tert-OH is 1. The zero-order valence-corrected chi connectivity index (χ0v) is 13.0. The SMILES string of the molecule is C[C@@H]1[C@@H](O)[C@H](C)C[C@@H]2C=C[C@H](C)[C@H](/C=C/C=C/C(=O)O)[C@@H]12. The molecular formula is C18H26O3. The highest BCUT2D eigenvalue weighted by Crippen LogP contribution is 2.48. The third-order valence-corrected chi connectivity index (χ3v) is 5.26. The molecule has 2 rings (SSSR count). The van der Waals surface area contributed by atoms with Crippen LogP contribution in [0, 0.1) is 35.5 Å². The lowest BCUT2D eigenvalue weighted by molar-refractivity contribution is -0.131. The number of rotatable bonds is 3. The zero-order chi connectivity index (χ0) is 15.6. The minimum atomic E-state index is -0.926. The Morgan fingerprint density at radius 1 is 1.19 bits per heavy atom. The van der Waals surface area contributed by atoms with Crippen molar-refractivity contribution in [2.24, 2.45) is 35.5 Å². The summed E-state index contributed by atoms with van der Waals surface area (Å²) >= 11 is 0. The van der Waals surface area contributed by atoms with Crippen LogP contribution in [0.1, 0.15) is 27.2 Å². The summed E-state index contributed by atoms with van der Waals surface area (Å²) in [6.07, 6.45) is 12.1. The van der Waals surface area contributed by atoms with Crippen molar-refractivity contribution >= 4 is 5.97 Å². The maximum absolute atomic E-state index is 10.5. The molecule has 0 spiro atoms. The number of aliphatic hydroxyl groups is 1. The normalized spacial score (nSPS) is 43.3. The first-order valence-electron chi connectivity index (χ1n) is 7.86. The average Bonchev–Trinajstić information content (AvgIpc) is 2.43. The Hall–Kier alpha value is -1.35. The number of fused-ring (bicyclic) bond motifs is 1. The van der Waals surface area contributed by atoms with Crippen molar-refractivity contribution in [2.75, 3.05) is 0 Å². The van der Waals surface area contributed by atoms with Crippen LogP contribution < -0.4 is 0 Å². The van der Waals surface area contributed by atoms with Crippen molar-refractivity contribution in [3.63, 3.8) is 0 Å². The van der Waals surface area contributed by atoms with Gasteiger partial charge in [0.1, 0.15) is 0 Å². The van der Waals surface area contributed by atoms with Gasteiger partial charge in [-0.15, -0.1) is 0 Å². The molecule has 3 nitrogen and oxygen atoms in total. The third kappa shape index (κ3) is 3.46. The highest BCUT2D eigenvalue weighted by molar-refractivity contribution is 5.80. The molecule has 2 aliphatic carbocycles. The van der Waals surface area contributed by atoms with Gasteiger partial charge in [0, 0.05) is 6.08 Å². The molecule has 0 aromatic rings. The van der Waals surface area contributed by atoms with E-state index in [1.54, 1.807) is 6.08 Å². The smallest absolute Gasteiger partial charge is 0.328 e. The Morgan fingerprint density at radius 2 is 1.90 bits per heavy atom. The Balaban J connectivity index is 2.19. The van der Waals surface area contributed by atoms with E-state index >= 15 is 0 Å². The van der Waals surface area contributed by atoms with E-state index in [1.165, 1.54) is 0 Å². The molecule has 1 saturated carbocycles. The summed E-state index contributed by atoms with van der Waals surface area (Å²) in [5.41, 5.74) is 0. The van der Waals surface area contributed by atoms with Crippen molar-refractivity contribution in [1.82, 2.24) is 0 Å². The first-order chi connectivity index (χ1) is 9.91. The summed E-state index contributed by atoms with van der Waals surface area (Å²) in [7, 11) is 0. The molecule has 0 heterocycles. The minimum absolute atomic E-state index is 0.240. The molecule has 7 atom stereocenters. The Labute approximate surface area is 127 Å².